The minimum absolute atomic E-state index is 0.0601. The molecule has 0 unspecified atom stereocenters. The van der Waals surface area contributed by atoms with Crippen molar-refractivity contribution < 1.29 is 9.53 Å². The molecule has 5 nitrogen and oxygen atoms in total. The van der Waals surface area contributed by atoms with Crippen LogP contribution in [0, 0.1) is 17.2 Å². The fraction of sp³-hybridized carbons (Fsp3) is 0.529. The molecule has 0 radical (unpaired) electrons. The van der Waals surface area contributed by atoms with Gasteiger partial charge in [0.2, 0.25) is 0 Å². The lowest BCUT2D eigenvalue weighted by Crippen LogP contribution is -2.31. The quantitative estimate of drug-likeness (QED) is 0.828. The summed E-state index contributed by atoms with van der Waals surface area (Å²) in [7, 11) is 1.72. The zero-order valence-corrected chi connectivity index (χ0v) is 13.0. The van der Waals surface area contributed by atoms with Gasteiger partial charge >= 0.3 is 0 Å². The zero-order chi connectivity index (χ0) is 15.8. The van der Waals surface area contributed by atoms with Gasteiger partial charge in [-0.15, -0.1) is 0 Å². The van der Waals surface area contributed by atoms with E-state index in [9.17, 15) is 4.79 Å². The summed E-state index contributed by atoms with van der Waals surface area (Å²) in [4.78, 5) is 14.6. The Morgan fingerprint density at radius 3 is 3.18 bits per heavy atom. The fourth-order valence-electron chi connectivity index (χ4n) is 2.76. The standard InChI is InChI=1S/C17H23N3O2/c1-22-10-9-20-8-6-15(13-20)12-19-17(21)16-4-2-3-14(11-16)5-7-18/h2-4,11,15H,5-6,8-10,12-13H2,1H3,(H,19,21)/t15-/m0/s1. The molecule has 1 aromatic carbocycles. The third-order valence-corrected chi connectivity index (χ3v) is 4.01. The van der Waals surface area contributed by atoms with Crippen LogP contribution >= 0.6 is 0 Å². The van der Waals surface area contributed by atoms with Gasteiger partial charge in [-0.3, -0.25) is 4.79 Å². The van der Waals surface area contributed by atoms with Crippen LogP contribution in [0.5, 0.6) is 0 Å². The summed E-state index contributed by atoms with van der Waals surface area (Å²) >= 11 is 0. The molecule has 2 rings (SSSR count). The van der Waals surface area contributed by atoms with Gasteiger partial charge in [-0.1, -0.05) is 12.1 Å². The van der Waals surface area contributed by atoms with E-state index in [4.69, 9.17) is 10.00 Å². The maximum atomic E-state index is 12.2. The van der Waals surface area contributed by atoms with E-state index in [-0.39, 0.29) is 5.91 Å². The summed E-state index contributed by atoms with van der Waals surface area (Å²) in [5.41, 5.74) is 1.50. The number of carbonyl (C=O) groups is 1. The normalized spacial score (nSPS) is 18.1. The smallest absolute Gasteiger partial charge is 0.251 e. The number of nitrogens with zero attached hydrogens (tertiary/aromatic N) is 2. The molecule has 22 heavy (non-hydrogen) atoms. The monoisotopic (exact) mass is 301 g/mol. The molecular formula is C17H23N3O2. The van der Waals surface area contributed by atoms with Crippen molar-refractivity contribution in [3.8, 4) is 6.07 Å². The predicted molar refractivity (Wildman–Crippen MR) is 84.5 cm³/mol. The largest absolute Gasteiger partial charge is 0.383 e. The third kappa shape index (κ3) is 4.83. The molecule has 0 aliphatic carbocycles. The van der Waals surface area contributed by atoms with E-state index in [1.807, 2.05) is 12.1 Å². The molecule has 0 spiro atoms. The van der Waals surface area contributed by atoms with Gasteiger partial charge in [-0.25, -0.2) is 0 Å². The van der Waals surface area contributed by atoms with E-state index in [1.165, 1.54) is 0 Å². The number of hydrogen-bond donors (Lipinski definition) is 1. The van der Waals surface area contributed by atoms with Crippen LogP contribution in [-0.4, -0.2) is 50.7 Å². The number of ether oxygens (including phenoxy) is 1. The first-order valence-electron chi connectivity index (χ1n) is 7.68. The van der Waals surface area contributed by atoms with E-state index in [0.29, 0.717) is 24.4 Å². The molecule has 1 saturated heterocycles. The fourth-order valence-corrected chi connectivity index (χ4v) is 2.76. The summed E-state index contributed by atoms with van der Waals surface area (Å²) in [6.45, 7) is 4.49. The lowest BCUT2D eigenvalue weighted by Gasteiger charge is -2.15. The van der Waals surface area contributed by atoms with Gasteiger partial charge in [0, 0.05) is 32.3 Å². The number of rotatable bonds is 7. The topological polar surface area (TPSA) is 65.4 Å². The van der Waals surface area contributed by atoms with E-state index in [1.54, 1.807) is 19.2 Å². The van der Waals surface area contributed by atoms with Crippen LogP contribution in [0.4, 0.5) is 0 Å². The zero-order valence-electron chi connectivity index (χ0n) is 13.0. The van der Waals surface area contributed by atoms with E-state index < -0.39 is 0 Å². The van der Waals surface area contributed by atoms with Gasteiger partial charge in [0.05, 0.1) is 19.1 Å². The van der Waals surface area contributed by atoms with Crippen molar-refractivity contribution in [1.29, 1.82) is 5.26 Å². The highest BCUT2D eigenvalue weighted by atomic mass is 16.5. The minimum Gasteiger partial charge on any atom is -0.383 e. The minimum atomic E-state index is -0.0601. The van der Waals surface area contributed by atoms with Gasteiger partial charge in [0.25, 0.3) is 5.91 Å². The van der Waals surface area contributed by atoms with Crippen molar-refractivity contribution in [3.63, 3.8) is 0 Å². The van der Waals surface area contributed by atoms with Crippen LogP contribution in [0.1, 0.15) is 22.3 Å². The number of nitrogens with one attached hydrogen (secondary N) is 1. The van der Waals surface area contributed by atoms with Crippen molar-refractivity contribution in [1.82, 2.24) is 10.2 Å². The number of benzene rings is 1. The van der Waals surface area contributed by atoms with Crippen LogP contribution in [0.15, 0.2) is 24.3 Å². The highest BCUT2D eigenvalue weighted by Crippen LogP contribution is 2.15. The van der Waals surface area contributed by atoms with Gasteiger partial charge in [0.15, 0.2) is 0 Å². The Bertz CT molecular complexity index is 539. The molecule has 1 aliphatic heterocycles. The second-order valence-corrected chi connectivity index (χ2v) is 5.69. The van der Waals surface area contributed by atoms with Crippen LogP contribution in [0.3, 0.4) is 0 Å². The summed E-state index contributed by atoms with van der Waals surface area (Å²) in [6, 6.07) is 9.37. The summed E-state index contributed by atoms with van der Waals surface area (Å²) in [5.74, 6) is 0.443. The Kier molecular flexibility index (Phi) is 6.38. The number of methoxy groups -OCH3 is 1. The van der Waals surface area contributed by atoms with E-state index in [0.717, 1.165) is 38.2 Å². The van der Waals surface area contributed by atoms with E-state index >= 15 is 0 Å². The summed E-state index contributed by atoms with van der Waals surface area (Å²) in [5, 5.41) is 11.7. The third-order valence-electron chi connectivity index (χ3n) is 4.01. The first kappa shape index (κ1) is 16.5. The van der Waals surface area contributed by atoms with Crippen molar-refractivity contribution in [2.75, 3.05) is 39.9 Å². The van der Waals surface area contributed by atoms with E-state index in [2.05, 4.69) is 16.3 Å². The molecule has 1 fully saturated rings. The maximum absolute atomic E-state index is 12.2. The molecule has 0 aromatic heterocycles. The molecule has 5 heteroatoms. The predicted octanol–water partition coefficient (Wildman–Crippen LogP) is 1.45. The highest BCUT2D eigenvalue weighted by Gasteiger charge is 2.22. The second-order valence-electron chi connectivity index (χ2n) is 5.69. The molecule has 1 amide bonds. The first-order valence-corrected chi connectivity index (χ1v) is 7.68. The highest BCUT2D eigenvalue weighted by molar-refractivity contribution is 5.94. The molecule has 118 valence electrons. The van der Waals surface area contributed by atoms with Crippen LogP contribution < -0.4 is 5.32 Å². The Labute approximate surface area is 131 Å². The Balaban J connectivity index is 1.78. The van der Waals surface area contributed by atoms with Crippen molar-refractivity contribution in [2.24, 2.45) is 5.92 Å². The molecule has 1 atom stereocenters. The lowest BCUT2D eigenvalue weighted by molar-refractivity contribution is 0.0946. The van der Waals surface area contributed by atoms with Crippen molar-refractivity contribution >= 4 is 5.91 Å². The maximum Gasteiger partial charge on any atom is 0.251 e. The molecule has 1 aliphatic rings. The SMILES string of the molecule is COCCN1CC[C@@H](CNC(=O)c2cccc(CC#N)c2)C1. The average Bonchev–Trinajstić information content (AvgIpc) is 2.99. The number of likely N-dealkylation sites (tertiary alicyclic amines) is 1. The molecule has 0 bridgehead atoms. The van der Waals surface area contributed by atoms with Crippen LogP contribution in [0.25, 0.3) is 0 Å². The summed E-state index contributed by atoms with van der Waals surface area (Å²) in [6.07, 6.45) is 1.44. The average molecular weight is 301 g/mol. The molecule has 0 saturated carbocycles. The number of nitriles is 1. The van der Waals surface area contributed by atoms with Gasteiger partial charge in [0.1, 0.15) is 0 Å². The van der Waals surface area contributed by atoms with Gasteiger partial charge in [-0.05, 0) is 36.6 Å². The summed E-state index contributed by atoms with van der Waals surface area (Å²) < 4.78 is 5.09. The van der Waals surface area contributed by atoms with Crippen LogP contribution in [0.2, 0.25) is 0 Å². The van der Waals surface area contributed by atoms with Crippen LogP contribution in [-0.2, 0) is 11.2 Å². The number of hydrogen-bond acceptors (Lipinski definition) is 4. The van der Waals surface area contributed by atoms with Crippen molar-refractivity contribution in [2.45, 2.75) is 12.8 Å². The second kappa shape index (κ2) is 8.52. The lowest BCUT2D eigenvalue weighted by atomic mass is 10.1. The van der Waals surface area contributed by atoms with Gasteiger partial charge in [-0.2, -0.15) is 5.26 Å². The molecule has 1 heterocycles. The molecule has 1 aromatic rings. The van der Waals surface area contributed by atoms with Crippen molar-refractivity contribution in [3.05, 3.63) is 35.4 Å². The molecule has 1 N–H and O–H groups in total. The number of carbonyl (C=O) groups excluding carboxylic acids is 1. The first-order chi connectivity index (χ1) is 10.7. The number of amides is 1. The Morgan fingerprint density at radius 2 is 2.41 bits per heavy atom. The molecular weight excluding hydrogens is 278 g/mol. The Morgan fingerprint density at radius 1 is 1.55 bits per heavy atom. The van der Waals surface area contributed by atoms with Gasteiger partial charge < -0.3 is 15.0 Å². The Hall–Kier alpha value is -1.90.